The minimum Gasteiger partial charge on any atom is -0.467 e. The van der Waals surface area contributed by atoms with Crippen molar-refractivity contribution in [1.82, 2.24) is 0 Å². The van der Waals surface area contributed by atoms with E-state index < -0.39 is 6.04 Å². The number of nitrogens with one attached hydrogen (secondary N) is 2. The highest BCUT2D eigenvalue weighted by Crippen LogP contribution is 2.32. The molecule has 4 N–H and O–H groups in total. The van der Waals surface area contributed by atoms with Crippen molar-refractivity contribution in [2.45, 2.75) is 32.7 Å². The number of hydrogen-bond donors (Lipinski definition) is 3. The third kappa shape index (κ3) is 3.26. The number of benzene rings is 1. The van der Waals surface area contributed by atoms with Gasteiger partial charge < -0.3 is 21.1 Å². The van der Waals surface area contributed by atoms with Gasteiger partial charge in [-0.2, -0.15) is 0 Å². The highest BCUT2D eigenvalue weighted by atomic mass is 16.5. The van der Waals surface area contributed by atoms with Crippen LogP contribution in [-0.4, -0.2) is 25.0 Å². The fraction of sp³-hybridized carbons (Fsp3) is 0.467. The van der Waals surface area contributed by atoms with E-state index in [4.69, 9.17) is 10.5 Å². The number of nitrogen functional groups attached to an aromatic ring is 1. The summed E-state index contributed by atoms with van der Waals surface area (Å²) in [6.07, 6.45) is 1.15. The summed E-state index contributed by atoms with van der Waals surface area (Å²) in [6, 6.07) is 3.13. The van der Waals surface area contributed by atoms with Gasteiger partial charge in [0, 0.05) is 12.1 Å². The number of esters is 1. The minimum atomic E-state index is -0.491. The summed E-state index contributed by atoms with van der Waals surface area (Å²) >= 11 is 0. The standard InChI is InChI=1S/C15H21N3O3/c1-8(2)14(15(20)21-3)18-12-7-11-9(6-10(12)16)4-5-13(19)17-11/h6-8,14,18H,4-5,16H2,1-3H3,(H,17,19). The number of methoxy groups -OCH3 is 1. The number of ether oxygens (including phenoxy) is 1. The molecule has 0 spiro atoms. The van der Waals surface area contributed by atoms with Crippen molar-refractivity contribution in [3.05, 3.63) is 17.7 Å². The molecule has 6 heteroatoms. The van der Waals surface area contributed by atoms with Crippen LogP contribution < -0.4 is 16.4 Å². The van der Waals surface area contributed by atoms with E-state index in [2.05, 4.69) is 10.6 Å². The Morgan fingerprint density at radius 2 is 2.10 bits per heavy atom. The molecule has 1 aliphatic heterocycles. The van der Waals surface area contributed by atoms with Crippen LogP contribution in [0.25, 0.3) is 0 Å². The summed E-state index contributed by atoms with van der Waals surface area (Å²) in [5.41, 5.74) is 8.98. The highest BCUT2D eigenvalue weighted by molar-refractivity contribution is 5.96. The number of fused-ring (bicyclic) bond motifs is 1. The van der Waals surface area contributed by atoms with Crippen molar-refractivity contribution >= 4 is 28.9 Å². The van der Waals surface area contributed by atoms with E-state index >= 15 is 0 Å². The maximum absolute atomic E-state index is 11.8. The average Bonchev–Trinajstić information content (AvgIpc) is 2.44. The number of nitrogens with two attached hydrogens (primary N) is 1. The molecule has 1 aromatic carbocycles. The first-order valence-corrected chi connectivity index (χ1v) is 6.99. The first kappa shape index (κ1) is 15.2. The zero-order valence-electron chi connectivity index (χ0n) is 12.5. The molecule has 21 heavy (non-hydrogen) atoms. The number of anilines is 3. The maximum atomic E-state index is 11.8. The van der Waals surface area contributed by atoms with Gasteiger partial charge in [-0.15, -0.1) is 0 Å². The van der Waals surface area contributed by atoms with Crippen molar-refractivity contribution in [1.29, 1.82) is 0 Å². The molecule has 114 valence electrons. The summed E-state index contributed by atoms with van der Waals surface area (Å²) in [5.74, 6) is -0.305. The SMILES string of the molecule is COC(=O)C(Nc1cc2c(cc1N)CCC(=O)N2)C(C)C. The van der Waals surface area contributed by atoms with Crippen molar-refractivity contribution in [2.75, 3.05) is 23.5 Å². The van der Waals surface area contributed by atoms with E-state index in [1.165, 1.54) is 7.11 Å². The number of amides is 1. The van der Waals surface area contributed by atoms with Gasteiger partial charge in [0.15, 0.2) is 0 Å². The molecule has 6 nitrogen and oxygen atoms in total. The third-order valence-electron chi connectivity index (χ3n) is 3.60. The molecule has 1 aromatic rings. The van der Waals surface area contributed by atoms with Crippen LogP contribution in [0.1, 0.15) is 25.8 Å². The zero-order chi connectivity index (χ0) is 15.6. The molecule has 1 aliphatic rings. The predicted octanol–water partition coefficient (Wildman–Crippen LogP) is 1.76. The van der Waals surface area contributed by atoms with Gasteiger partial charge in [-0.25, -0.2) is 4.79 Å². The summed E-state index contributed by atoms with van der Waals surface area (Å²) in [7, 11) is 1.36. The topological polar surface area (TPSA) is 93.4 Å². The molecule has 1 amide bonds. The van der Waals surface area contributed by atoms with Crippen LogP contribution in [0.2, 0.25) is 0 Å². The third-order valence-corrected chi connectivity index (χ3v) is 3.60. The number of carbonyl (C=O) groups excluding carboxylic acids is 2. The van der Waals surface area contributed by atoms with Gasteiger partial charge in [-0.1, -0.05) is 13.8 Å². The summed E-state index contributed by atoms with van der Waals surface area (Å²) in [4.78, 5) is 23.3. The largest absolute Gasteiger partial charge is 0.467 e. The quantitative estimate of drug-likeness (QED) is 0.580. The number of hydrogen-bond acceptors (Lipinski definition) is 5. The fourth-order valence-corrected chi connectivity index (χ4v) is 2.36. The molecule has 2 rings (SSSR count). The second-order valence-electron chi connectivity index (χ2n) is 5.53. The molecule has 1 heterocycles. The first-order valence-electron chi connectivity index (χ1n) is 6.99. The Morgan fingerprint density at radius 3 is 2.71 bits per heavy atom. The van der Waals surface area contributed by atoms with Crippen LogP contribution in [0, 0.1) is 5.92 Å². The Kier molecular flexibility index (Phi) is 4.35. The van der Waals surface area contributed by atoms with Crippen LogP contribution >= 0.6 is 0 Å². The Hall–Kier alpha value is -2.24. The Morgan fingerprint density at radius 1 is 1.38 bits per heavy atom. The monoisotopic (exact) mass is 291 g/mol. The van der Waals surface area contributed by atoms with Crippen molar-refractivity contribution in [3.8, 4) is 0 Å². The van der Waals surface area contributed by atoms with E-state index in [0.29, 0.717) is 24.2 Å². The lowest BCUT2D eigenvalue weighted by molar-refractivity contribution is -0.142. The molecule has 0 aromatic heterocycles. The smallest absolute Gasteiger partial charge is 0.328 e. The van der Waals surface area contributed by atoms with E-state index in [0.717, 1.165) is 11.3 Å². The fourth-order valence-electron chi connectivity index (χ4n) is 2.36. The van der Waals surface area contributed by atoms with E-state index in [-0.39, 0.29) is 17.8 Å². The average molecular weight is 291 g/mol. The zero-order valence-corrected chi connectivity index (χ0v) is 12.5. The van der Waals surface area contributed by atoms with Gasteiger partial charge in [0.2, 0.25) is 5.91 Å². The summed E-state index contributed by atoms with van der Waals surface area (Å²) < 4.78 is 4.80. The summed E-state index contributed by atoms with van der Waals surface area (Å²) in [5, 5.41) is 5.93. The molecule has 1 unspecified atom stereocenters. The van der Waals surface area contributed by atoms with Gasteiger partial charge in [-0.05, 0) is 30.0 Å². The normalized spacial score (nSPS) is 15.1. The lowest BCUT2D eigenvalue weighted by atomic mass is 10.00. The van der Waals surface area contributed by atoms with Gasteiger partial charge in [0.25, 0.3) is 0 Å². The Bertz CT molecular complexity index is 570. The second kappa shape index (κ2) is 6.03. The lowest BCUT2D eigenvalue weighted by Gasteiger charge is -2.24. The predicted molar refractivity (Wildman–Crippen MR) is 82.1 cm³/mol. The molecular formula is C15H21N3O3. The van der Waals surface area contributed by atoms with E-state index in [9.17, 15) is 9.59 Å². The van der Waals surface area contributed by atoms with Crippen LogP contribution in [0.15, 0.2) is 12.1 Å². The first-order chi connectivity index (χ1) is 9.92. The Balaban J connectivity index is 2.29. The molecule has 0 fully saturated rings. The minimum absolute atomic E-state index is 0.00778. The van der Waals surface area contributed by atoms with Crippen molar-refractivity contribution in [2.24, 2.45) is 5.92 Å². The van der Waals surface area contributed by atoms with Crippen molar-refractivity contribution in [3.63, 3.8) is 0 Å². The molecule has 0 bridgehead atoms. The van der Waals surface area contributed by atoms with Crippen molar-refractivity contribution < 1.29 is 14.3 Å². The number of aryl methyl sites for hydroxylation is 1. The van der Waals surface area contributed by atoms with Gasteiger partial charge in [-0.3, -0.25) is 4.79 Å². The lowest BCUT2D eigenvalue weighted by Crippen LogP contribution is -2.35. The number of rotatable bonds is 4. The van der Waals surface area contributed by atoms with Gasteiger partial charge in [0.05, 0.1) is 18.5 Å². The number of carbonyl (C=O) groups is 2. The van der Waals surface area contributed by atoms with Gasteiger partial charge >= 0.3 is 5.97 Å². The van der Waals surface area contributed by atoms with Crippen LogP contribution in [0.3, 0.4) is 0 Å². The van der Waals surface area contributed by atoms with E-state index in [1.807, 2.05) is 19.9 Å². The maximum Gasteiger partial charge on any atom is 0.328 e. The van der Waals surface area contributed by atoms with Gasteiger partial charge in [0.1, 0.15) is 6.04 Å². The molecular weight excluding hydrogens is 270 g/mol. The summed E-state index contributed by atoms with van der Waals surface area (Å²) in [6.45, 7) is 3.84. The molecule has 1 atom stereocenters. The molecule has 0 aliphatic carbocycles. The Labute approximate surface area is 124 Å². The molecule has 0 saturated heterocycles. The second-order valence-corrected chi connectivity index (χ2v) is 5.53. The van der Waals surface area contributed by atoms with Crippen LogP contribution in [0.4, 0.5) is 17.1 Å². The highest BCUT2D eigenvalue weighted by Gasteiger charge is 2.24. The molecule has 0 radical (unpaired) electrons. The van der Waals surface area contributed by atoms with Crippen LogP contribution in [0.5, 0.6) is 0 Å². The molecule has 0 saturated carbocycles. The van der Waals surface area contributed by atoms with E-state index in [1.54, 1.807) is 6.07 Å². The van der Waals surface area contributed by atoms with Crippen LogP contribution in [-0.2, 0) is 20.7 Å².